The van der Waals surface area contributed by atoms with Gasteiger partial charge in [-0.15, -0.1) is 0 Å². The van der Waals surface area contributed by atoms with Gasteiger partial charge < -0.3 is 9.15 Å². The lowest BCUT2D eigenvalue weighted by molar-refractivity contribution is 0.293. The molecule has 32 heavy (non-hydrogen) atoms. The Morgan fingerprint density at radius 1 is 1.00 bits per heavy atom. The number of nitrogens with zero attached hydrogens (tertiary/aromatic N) is 1. The molecule has 0 N–H and O–H groups in total. The minimum absolute atomic E-state index is 0.214. The minimum atomic E-state index is -0.317. The fraction of sp³-hybridized carbons (Fsp3) is 0.185. The summed E-state index contributed by atoms with van der Waals surface area (Å²) in [5.41, 5.74) is 4.48. The third-order valence-corrected chi connectivity index (χ3v) is 5.92. The van der Waals surface area contributed by atoms with E-state index in [2.05, 4.69) is 17.0 Å². The Kier molecular flexibility index (Phi) is 5.50. The lowest BCUT2D eigenvalue weighted by atomic mass is 9.99. The Hall–Kier alpha value is -3.44. The first-order valence-corrected chi connectivity index (χ1v) is 10.6. The summed E-state index contributed by atoms with van der Waals surface area (Å²) in [6, 6.07) is 19.2. The third-order valence-electron chi connectivity index (χ3n) is 5.92. The van der Waals surface area contributed by atoms with Crippen molar-refractivity contribution in [3.63, 3.8) is 0 Å². The topological polar surface area (TPSA) is 25.6 Å². The zero-order chi connectivity index (χ0) is 22.1. The summed E-state index contributed by atoms with van der Waals surface area (Å²) in [5.74, 6) is 0.592. The predicted octanol–water partition coefficient (Wildman–Crippen LogP) is 6.68. The first-order valence-electron chi connectivity index (χ1n) is 10.6. The van der Waals surface area contributed by atoms with E-state index in [9.17, 15) is 8.78 Å². The number of benzene rings is 3. The Balaban J connectivity index is 1.38. The smallest absolute Gasteiger partial charge is 0.176 e. The van der Waals surface area contributed by atoms with Crippen LogP contribution in [0.25, 0.3) is 27.9 Å². The van der Waals surface area contributed by atoms with Crippen LogP contribution in [0.1, 0.15) is 17.5 Å². The SMILES string of the molecule is COc1cc(CN2CC=C(c3ccc(F)cc3)CC2)cc2cc(-c3ccccc3F)oc12. The van der Waals surface area contributed by atoms with Crippen molar-refractivity contribution in [1.82, 2.24) is 4.90 Å². The van der Waals surface area contributed by atoms with Crippen LogP contribution >= 0.6 is 0 Å². The average Bonchev–Trinajstić information content (AvgIpc) is 3.24. The maximum Gasteiger partial charge on any atom is 0.176 e. The quantitative estimate of drug-likeness (QED) is 0.353. The predicted molar refractivity (Wildman–Crippen MR) is 122 cm³/mol. The van der Waals surface area contributed by atoms with Crippen molar-refractivity contribution in [2.75, 3.05) is 20.2 Å². The maximum atomic E-state index is 14.2. The largest absolute Gasteiger partial charge is 0.493 e. The van der Waals surface area contributed by atoms with Crippen LogP contribution in [0.2, 0.25) is 0 Å². The molecule has 2 heterocycles. The highest BCUT2D eigenvalue weighted by Crippen LogP contribution is 2.36. The van der Waals surface area contributed by atoms with Crippen LogP contribution in [0.3, 0.4) is 0 Å². The van der Waals surface area contributed by atoms with Gasteiger partial charge >= 0.3 is 0 Å². The first kappa shape index (κ1) is 20.5. The highest BCUT2D eigenvalue weighted by atomic mass is 19.1. The van der Waals surface area contributed by atoms with E-state index in [0.29, 0.717) is 22.7 Å². The van der Waals surface area contributed by atoms with Crippen LogP contribution in [-0.2, 0) is 6.54 Å². The van der Waals surface area contributed by atoms with E-state index >= 15 is 0 Å². The molecule has 1 aromatic heterocycles. The monoisotopic (exact) mass is 431 g/mol. The van der Waals surface area contributed by atoms with E-state index in [1.54, 1.807) is 25.3 Å². The van der Waals surface area contributed by atoms with Gasteiger partial charge in [-0.05, 0) is 65.6 Å². The summed E-state index contributed by atoms with van der Waals surface area (Å²) < 4.78 is 38.9. The number of halogens is 2. The number of furan rings is 1. The van der Waals surface area contributed by atoms with Crippen LogP contribution in [0.15, 0.2) is 77.2 Å². The highest BCUT2D eigenvalue weighted by molar-refractivity contribution is 5.88. The normalized spacial score (nSPS) is 14.5. The molecule has 0 spiro atoms. The molecule has 1 aliphatic rings. The average molecular weight is 431 g/mol. The van der Waals surface area contributed by atoms with Gasteiger partial charge in [0, 0.05) is 25.0 Å². The van der Waals surface area contributed by atoms with Crippen molar-refractivity contribution >= 4 is 16.5 Å². The lowest BCUT2D eigenvalue weighted by Crippen LogP contribution is -2.28. The Labute approximate surface area is 185 Å². The van der Waals surface area contributed by atoms with Gasteiger partial charge in [0.2, 0.25) is 0 Å². The van der Waals surface area contributed by atoms with E-state index in [1.165, 1.54) is 23.8 Å². The lowest BCUT2D eigenvalue weighted by Gasteiger charge is -2.26. The fourth-order valence-electron chi connectivity index (χ4n) is 4.26. The molecule has 5 rings (SSSR count). The second-order valence-electron chi connectivity index (χ2n) is 8.03. The summed E-state index contributed by atoms with van der Waals surface area (Å²) >= 11 is 0. The van der Waals surface area contributed by atoms with Crippen molar-refractivity contribution in [3.8, 4) is 17.1 Å². The summed E-state index contributed by atoms with van der Waals surface area (Å²) in [7, 11) is 1.61. The van der Waals surface area contributed by atoms with Crippen molar-refractivity contribution < 1.29 is 17.9 Å². The molecule has 0 saturated carbocycles. The molecule has 0 atom stereocenters. The zero-order valence-electron chi connectivity index (χ0n) is 17.8. The number of methoxy groups -OCH3 is 1. The van der Waals surface area contributed by atoms with Gasteiger partial charge in [0.25, 0.3) is 0 Å². The van der Waals surface area contributed by atoms with Gasteiger partial charge in [-0.2, -0.15) is 0 Å². The Bertz CT molecular complexity index is 1290. The molecular weight excluding hydrogens is 408 g/mol. The molecule has 0 fully saturated rings. The Morgan fingerprint density at radius 2 is 1.81 bits per heavy atom. The highest BCUT2D eigenvalue weighted by Gasteiger charge is 2.17. The third kappa shape index (κ3) is 4.04. The molecule has 0 unspecified atom stereocenters. The van der Waals surface area contributed by atoms with Crippen LogP contribution in [0.4, 0.5) is 8.78 Å². The number of hydrogen-bond acceptors (Lipinski definition) is 3. The van der Waals surface area contributed by atoms with Gasteiger partial charge in [-0.25, -0.2) is 8.78 Å². The second kappa shape index (κ2) is 8.60. The molecule has 5 heteroatoms. The van der Waals surface area contributed by atoms with Crippen LogP contribution < -0.4 is 4.74 Å². The minimum Gasteiger partial charge on any atom is -0.493 e. The number of ether oxygens (including phenoxy) is 1. The maximum absolute atomic E-state index is 14.2. The summed E-state index contributed by atoms with van der Waals surface area (Å²) in [6.45, 7) is 2.49. The van der Waals surface area contributed by atoms with Gasteiger partial charge in [0.05, 0.1) is 12.7 Å². The summed E-state index contributed by atoms with van der Waals surface area (Å²) in [6.07, 6.45) is 3.12. The molecule has 3 aromatic carbocycles. The standard InChI is InChI=1S/C27H23F2NO2/c1-31-26-15-18(14-21-16-25(32-27(21)26)23-4-2-3-5-24(23)29)17-30-12-10-20(11-13-30)19-6-8-22(28)9-7-19/h2-10,14-16H,11-13,17H2,1H3. The van der Waals surface area contributed by atoms with Crippen molar-refractivity contribution in [2.24, 2.45) is 0 Å². The first-order chi connectivity index (χ1) is 15.6. The molecule has 3 nitrogen and oxygen atoms in total. The van der Waals surface area contributed by atoms with Crippen LogP contribution in [-0.4, -0.2) is 25.1 Å². The number of hydrogen-bond donors (Lipinski definition) is 0. The molecule has 0 aliphatic carbocycles. The van der Waals surface area contributed by atoms with Crippen molar-refractivity contribution in [3.05, 3.63) is 95.6 Å². The van der Waals surface area contributed by atoms with Gasteiger partial charge in [0.15, 0.2) is 11.3 Å². The Morgan fingerprint density at radius 3 is 2.53 bits per heavy atom. The van der Waals surface area contributed by atoms with Crippen LogP contribution in [0, 0.1) is 11.6 Å². The summed E-state index contributed by atoms with van der Waals surface area (Å²) in [4.78, 5) is 2.35. The van der Waals surface area contributed by atoms with Crippen molar-refractivity contribution in [2.45, 2.75) is 13.0 Å². The fourth-order valence-corrected chi connectivity index (χ4v) is 4.26. The van der Waals surface area contributed by atoms with Crippen molar-refractivity contribution in [1.29, 1.82) is 0 Å². The van der Waals surface area contributed by atoms with Gasteiger partial charge in [-0.3, -0.25) is 4.90 Å². The van der Waals surface area contributed by atoms with E-state index in [-0.39, 0.29) is 11.6 Å². The van der Waals surface area contributed by atoms with Gasteiger partial charge in [-0.1, -0.05) is 30.3 Å². The van der Waals surface area contributed by atoms with E-state index in [0.717, 1.165) is 42.6 Å². The molecule has 0 bridgehead atoms. The zero-order valence-corrected chi connectivity index (χ0v) is 17.8. The van der Waals surface area contributed by atoms with E-state index < -0.39 is 0 Å². The molecule has 4 aromatic rings. The second-order valence-corrected chi connectivity index (χ2v) is 8.03. The molecule has 162 valence electrons. The molecule has 0 saturated heterocycles. The molecular formula is C27H23F2NO2. The van der Waals surface area contributed by atoms with E-state index in [4.69, 9.17) is 9.15 Å². The number of rotatable bonds is 5. The number of fused-ring (bicyclic) bond motifs is 1. The molecule has 0 radical (unpaired) electrons. The molecule has 0 amide bonds. The molecule has 1 aliphatic heterocycles. The van der Waals surface area contributed by atoms with E-state index in [1.807, 2.05) is 24.3 Å². The van der Waals surface area contributed by atoms with Crippen LogP contribution in [0.5, 0.6) is 5.75 Å². The summed E-state index contributed by atoms with van der Waals surface area (Å²) in [5, 5.41) is 0.886. The van der Waals surface area contributed by atoms with Gasteiger partial charge in [0.1, 0.15) is 17.4 Å².